The number of allylic oxidation sites excluding steroid dienone is 2. The molecule has 0 amide bonds. The summed E-state index contributed by atoms with van der Waals surface area (Å²) in [6.07, 6.45) is 3.06. The van der Waals surface area contributed by atoms with E-state index in [1.54, 1.807) is 6.29 Å². The summed E-state index contributed by atoms with van der Waals surface area (Å²) in [5.74, 6) is 0. The van der Waals surface area contributed by atoms with E-state index in [0.29, 0.717) is 0 Å². The molecule has 0 saturated heterocycles. The zero-order valence-corrected chi connectivity index (χ0v) is 3.99. The van der Waals surface area contributed by atoms with Gasteiger partial charge in [0.25, 0.3) is 0 Å². The molecule has 1 radical (unpaired) electrons. The molecule has 0 aliphatic carbocycles. The van der Waals surface area contributed by atoms with Crippen molar-refractivity contribution in [3.63, 3.8) is 0 Å². The van der Waals surface area contributed by atoms with E-state index in [0.717, 1.165) is 5.57 Å². The van der Waals surface area contributed by atoms with Crippen molar-refractivity contribution < 1.29 is 4.79 Å². The Hall–Kier alpha value is 0.410. The van der Waals surface area contributed by atoms with Gasteiger partial charge in [-0.3, -0.25) is 4.79 Å². The van der Waals surface area contributed by atoms with E-state index < -0.39 is 0 Å². The van der Waals surface area contributed by atoms with Crippen molar-refractivity contribution >= 4 is 35.8 Å². The van der Waals surface area contributed by atoms with Gasteiger partial charge in [0.05, 0.1) is 0 Å². The number of carbonyl (C=O) groups excluding carboxylic acids is 1. The number of hydrogen-bond acceptors (Lipinski definition) is 1. The Bertz CT molecular complexity index is 72.1. The molecule has 0 rings (SSSR count). The first-order valence-corrected chi connectivity index (χ1v) is 1.78. The van der Waals surface area contributed by atoms with E-state index in [1.165, 1.54) is 6.08 Å². The molecule has 0 aliphatic rings. The summed E-state index contributed by atoms with van der Waals surface area (Å²) in [5, 5.41) is 0. The predicted molar refractivity (Wildman–Crippen MR) is 32.3 cm³/mol. The van der Waals surface area contributed by atoms with Crippen LogP contribution in [0.25, 0.3) is 0 Å². The Morgan fingerprint density at radius 2 is 2.00 bits per heavy atom. The average Bonchev–Trinajstić information content (AvgIpc) is 1.35. The molecule has 1 nitrogen and oxygen atoms in total. The van der Waals surface area contributed by atoms with Crippen LogP contribution < -0.4 is 0 Å². The van der Waals surface area contributed by atoms with Crippen molar-refractivity contribution in [2.45, 2.75) is 13.8 Å². The van der Waals surface area contributed by atoms with Gasteiger partial charge in [0.1, 0.15) is 0 Å². The quantitative estimate of drug-likeness (QED) is 0.350. The maximum absolute atomic E-state index is 9.41. The van der Waals surface area contributed by atoms with Gasteiger partial charge in [-0.2, -0.15) is 0 Å². The molecule has 0 N–H and O–H groups in total. The Balaban J connectivity index is 0. The normalized spacial score (nSPS) is 6.00. The second-order valence-corrected chi connectivity index (χ2v) is 1.34. The van der Waals surface area contributed by atoms with Crippen LogP contribution in [0.5, 0.6) is 0 Å². The minimum atomic E-state index is 0. The zero-order chi connectivity index (χ0) is 4.99. The van der Waals surface area contributed by atoms with Gasteiger partial charge >= 0.3 is 29.6 Å². The van der Waals surface area contributed by atoms with Crippen molar-refractivity contribution in [3.05, 3.63) is 11.6 Å². The van der Waals surface area contributed by atoms with Gasteiger partial charge in [-0.05, 0) is 19.9 Å². The summed E-state index contributed by atoms with van der Waals surface area (Å²) in [4.78, 5) is 9.41. The van der Waals surface area contributed by atoms with E-state index in [1.807, 2.05) is 13.8 Å². The van der Waals surface area contributed by atoms with Gasteiger partial charge < -0.3 is 0 Å². The standard InChI is InChI=1S/C5H7O.Na.H/c1-5(2)3-4-6;;/h3H,1-2H3;;. The molecular formula is C5H8NaO. The molecule has 2 heteroatoms. The number of hydrogen-bond donors (Lipinski definition) is 0. The van der Waals surface area contributed by atoms with Crippen LogP contribution in [-0.4, -0.2) is 35.8 Å². The van der Waals surface area contributed by atoms with E-state index in [2.05, 4.69) is 0 Å². The van der Waals surface area contributed by atoms with Crippen molar-refractivity contribution in [1.29, 1.82) is 0 Å². The van der Waals surface area contributed by atoms with Gasteiger partial charge in [-0.1, -0.05) is 5.57 Å². The first kappa shape index (κ1) is 10.4. The molecule has 0 aliphatic heterocycles. The van der Waals surface area contributed by atoms with Gasteiger partial charge in [-0.15, -0.1) is 0 Å². The molecule has 0 heterocycles. The van der Waals surface area contributed by atoms with E-state index in [9.17, 15) is 4.79 Å². The van der Waals surface area contributed by atoms with Crippen LogP contribution >= 0.6 is 0 Å². The third-order valence-electron chi connectivity index (χ3n) is 0.348. The molecule has 0 atom stereocenters. The van der Waals surface area contributed by atoms with Crippen LogP contribution in [0, 0.1) is 0 Å². The first-order valence-electron chi connectivity index (χ1n) is 1.78. The molecule has 0 aromatic rings. The van der Waals surface area contributed by atoms with Crippen LogP contribution in [0.2, 0.25) is 0 Å². The van der Waals surface area contributed by atoms with Gasteiger partial charge in [0.15, 0.2) is 0 Å². The summed E-state index contributed by atoms with van der Waals surface area (Å²) in [5.41, 5.74) is 0.991. The molecule has 0 fully saturated rings. The zero-order valence-electron chi connectivity index (χ0n) is 3.99. The minimum absolute atomic E-state index is 0. The van der Waals surface area contributed by atoms with Crippen LogP contribution in [0.3, 0.4) is 0 Å². The van der Waals surface area contributed by atoms with Crippen LogP contribution in [0.1, 0.15) is 13.8 Å². The van der Waals surface area contributed by atoms with Crippen molar-refractivity contribution in [2.75, 3.05) is 0 Å². The third-order valence-corrected chi connectivity index (χ3v) is 0.348. The molecule has 0 bridgehead atoms. The summed E-state index contributed by atoms with van der Waals surface area (Å²) >= 11 is 0. The van der Waals surface area contributed by atoms with Gasteiger partial charge in [0, 0.05) is 0 Å². The fraction of sp³-hybridized carbons (Fsp3) is 0.400. The molecule has 35 valence electrons. The number of rotatable bonds is 1. The fourth-order valence-corrected chi connectivity index (χ4v) is 0.118. The van der Waals surface area contributed by atoms with E-state index >= 15 is 0 Å². The van der Waals surface area contributed by atoms with Gasteiger partial charge in [0.2, 0.25) is 6.29 Å². The Kier molecular flexibility index (Phi) is 9.53. The Morgan fingerprint density at radius 1 is 1.57 bits per heavy atom. The fourth-order valence-electron chi connectivity index (χ4n) is 0.118. The topological polar surface area (TPSA) is 17.1 Å². The van der Waals surface area contributed by atoms with E-state index in [-0.39, 0.29) is 29.6 Å². The molecule has 0 aromatic heterocycles. The first-order chi connectivity index (χ1) is 2.77. The summed E-state index contributed by atoms with van der Waals surface area (Å²) < 4.78 is 0. The Labute approximate surface area is 66.1 Å². The van der Waals surface area contributed by atoms with Crippen molar-refractivity contribution in [1.82, 2.24) is 0 Å². The van der Waals surface area contributed by atoms with Crippen molar-refractivity contribution in [3.8, 4) is 0 Å². The Morgan fingerprint density at radius 3 is 2.00 bits per heavy atom. The van der Waals surface area contributed by atoms with E-state index in [4.69, 9.17) is 0 Å². The predicted octanol–water partition coefficient (Wildman–Crippen LogP) is 0.414. The summed E-state index contributed by atoms with van der Waals surface area (Å²) in [6, 6.07) is 0. The molecule has 7 heavy (non-hydrogen) atoms. The third kappa shape index (κ3) is 10.7. The molecule has 0 spiro atoms. The average molecular weight is 107 g/mol. The molecule has 0 unspecified atom stereocenters. The van der Waals surface area contributed by atoms with Crippen LogP contribution in [0.4, 0.5) is 0 Å². The molecular weight excluding hydrogens is 99.0 g/mol. The van der Waals surface area contributed by atoms with Gasteiger partial charge in [-0.25, -0.2) is 0 Å². The second-order valence-electron chi connectivity index (χ2n) is 1.34. The van der Waals surface area contributed by atoms with Crippen molar-refractivity contribution in [2.24, 2.45) is 0 Å². The summed E-state index contributed by atoms with van der Waals surface area (Å²) in [7, 11) is 0. The monoisotopic (exact) mass is 107 g/mol. The summed E-state index contributed by atoms with van der Waals surface area (Å²) in [6.45, 7) is 3.70. The van der Waals surface area contributed by atoms with Crippen LogP contribution in [-0.2, 0) is 4.79 Å². The molecule has 0 saturated carbocycles. The van der Waals surface area contributed by atoms with Crippen LogP contribution in [0.15, 0.2) is 11.6 Å². The second kappa shape index (κ2) is 6.41. The molecule has 0 aromatic carbocycles. The SMILES string of the molecule is CC(C)=C[C]=O.[NaH]. The maximum atomic E-state index is 9.41.